The molecule has 2 N–H and O–H groups in total. The third-order valence-corrected chi connectivity index (χ3v) is 2.42. The molecule has 1 aromatic rings. The molecule has 0 atom stereocenters. The molecule has 1 aromatic heterocycles. The van der Waals surface area contributed by atoms with Gasteiger partial charge in [0, 0.05) is 6.20 Å². The zero-order valence-corrected chi connectivity index (χ0v) is 11.9. The minimum Gasteiger partial charge on any atom is -0.383 e. The van der Waals surface area contributed by atoms with Gasteiger partial charge in [0.05, 0.1) is 26.4 Å². The van der Waals surface area contributed by atoms with Gasteiger partial charge in [0.15, 0.2) is 0 Å². The van der Waals surface area contributed by atoms with Crippen molar-refractivity contribution < 1.29 is 14.2 Å². The van der Waals surface area contributed by atoms with E-state index in [1.165, 1.54) is 16.8 Å². The van der Waals surface area contributed by atoms with Crippen molar-refractivity contribution in [2.75, 3.05) is 32.2 Å². The molecular weight excluding hydrogens is 274 g/mol. The number of hydrogen-bond donors (Lipinski definition) is 1. The Balaban J connectivity index is 2.51. The third kappa shape index (κ3) is 6.84. The lowest BCUT2D eigenvalue weighted by Gasteiger charge is -2.18. The van der Waals surface area contributed by atoms with Gasteiger partial charge in [0.1, 0.15) is 18.7 Å². The van der Waals surface area contributed by atoms with Crippen LogP contribution in [0.15, 0.2) is 42.4 Å². The molecule has 21 heavy (non-hydrogen) atoms. The summed E-state index contributed by atoms with van der Waals surface area (Å²) in [5, 5.41) is 0. The first-order valence-electron chi connectivity index (χ1n) is 6.49. The van der Waals surface area contributed by atoms with Crippen molar-refractivity contribution in [2.24, 2.45) is 0 Å². The monoisotopic (exact) mass is 295 g/mol. The second-order valence-electron chi connectivity index (χ2n) is 4.17. The first kappa shape index (κ1) is 17.1. The lowest BCUT2D eigenvalue weighted by Crippen LogP contribution is -2.31. The quantitative estimate of drug-likeness (QED) is 0.474. The Kier molecular flexibility index (Phi) is 8.03. The average molecular weight is 295 g/mol. The van der Waals surface area contributed by atoms with Crippen molar-refractivity contribution >= 4 is 5.82 Å². The fourth-order valence-electron chi connectivity index (χ4n) is 1.44. The van der Waals surface area contributed by atoms with Crippen molar-refractivity contribution in [3.05, 3.63) is 48.1 Å². The Hall–Kier alpha value is -1.96. The summed E-state index contributed by atoms with van der Waals surface area (Å²) in [7, 11) is 0. The van der Waals surface area contributed by atoms with Crippen molar-refractivity contribution in [3.63, 3.8) is 0 Å². The second kappa shape index (κ2) is 9.87. The van der Waals surface area contributed by atoms with Crippen LogP contribution in [0.2, 0.25) is 0 Å². The summed E-state index contributed by atoms with van der Waals surface area (Å²) in [6.07, 6.45) is 4.51. The Labute approximate surface area is 123 Å². The molecule has 0 aliphatic heterocycles. The highest BCUT2D eigenvalue weighted by Crippen LogP contribution is 1.99. The maximum atomic E-state index is 11.6. The van der Waals surface area contributed by atoms with E-state index in [4.69, 9.17) is 19.9 Å². The van der Waals surface area contributed by atoms with Crippen LogP contribution < -0.4 is 11.4 Å². The largest absolute Gasteiger partial charge is 0.383 e. The van der Waals surface area contributed by atoms with Gasteiger partial charge in [-0.1, -0.05) is 12.2 Å². The Morgan fingerprint density at radius 2 is 1.90 bits per heavy atom. The summed E-state index contributed by atoms with van der Waals surface area (Å²) in [4.78, 5) is 15.2. The lowest BCUT2D eigenvalue weighted by molar-refractivity contribution is -0.0763. The highest BCUT2D eigenvalue weighted by atomic mass is 16.6. The van der Waals surface area contributed by atoms with Crippen molar-refractivity contribution in [1.29, 1.82) is 0 Å². The fourth-order valence-corrected chi connectivity index (χ4v) is 1.44. The summed E-state index contributed by atoms with van der Waals surface area (Å²) >= 11 is 0. The van der Waals surface area contributed by atoms with Gasteiger partial charge in [-0.2, -0.15) is 4.98 Å². The molecule has 116 valence electrons. The van der Waals surface area contributed by atoms with E-state index < -0.39 is 5.69 Å². The minimum absolute atomic E-state index is 0.0473. The number of nitrogen functional groups attached to an aromatic ring is 1. The molecule has 0 aliphatic carbocycles. The Bertz CT molecular complexity index is 487. The summed E-state index contributed by atoms with van der Waals surface area (Å²) in [6, 6.07) is 1.53. The van der Waals surface area contributed by atoms with Gasteiger partial charge >= 0.3 is 5.69 Å². The van der Waals surface area contributed by atoms with Gasteiger partial charge in [-0.3, -0.25) is 4.57 Å². The summed E-state index contributed by atoms with van der Waals surface area (Å²) in [5.41, 5.74) is 4.96. The van der Waals surface area contributed by atoms with Crippen LogP contribution in [-0.2, 0) is 20.9 Å². The molecule has 0 spiro atoms. The van der Waals surface area contributed by atoms with E-state index in [9.17, 15) is 4.79 Å². The zero-order chi connectivity index (χ0) is 15.5. The smallest absolute Gasteiger partial charge is 0.351 e. The van der Waals surface area contributed by atoms with E-state index in [-0.39, 0.29) is 18.7 Å². The van der Waals surface area contributed by atoms with Crippen molar-refractivity contribution in [1.82, 2.24) is 9.55 Å². The van der Waals surface area contributed by atoms with Gasteiger partial charge in [-0.25, -0.2) is 4.79 Å². The lowest BCUT2D eigenvalue weighted by atomic mass is 10.4. The van der Waals surface area contributed by atoms with Crippen molar-refractivity contribution in [2.45, 2.75) is 12.8 Å². The molecule has 0 fully saturated rings. The predicted molar refractivity (Wildman–Crippen MR) is 79.8 cm³/mol. The van der Waals surface area contributed by atoms with E-state index in [2.05, 4.69) is 18.1 Å². The first-order valence-corrected chi connectivity index (χ1v) is 6.49. The number of hydrogen-bond acceptors (Lipinski definition) is 6. The topological polar surface area (TPSA) is 88.6 Å². The van der Waals surface area contributed by atoms with E-state index in [1.807, 2.05) is 0 Å². The number of ether oxygens (including phenoxy) is 3. The van der Waals surface area contributed by atoms with Crippen LogP contribution in [0.3, 0.4) is 0 Å². The van der Waals surface area contributed by atoms with Crippen LogP contribution in [0.4, 0.5) is 5.82 Å². The normalized spacial score (nSPS) is 10.7. The number of nitrogens with zero attached hydrogens (tertiary/aromatic N) is 2. The second-order valence-corrected chi connectivity index (χ2v) is 4.17. The van der Waals surface area contributed by atoms with Crippen molar-refractivity contribution in [3.8, 4) is 0 Å². The van der Waals surface area contributed by atoms with Gasteiger partial charge < -0.3 is 19.9 Å². The number of rotatable bonds is 11. The molecular formula is C14H21N3O4. The van der Waals surface area contributed by atoms with Gasteiger partial charge in [0.25, 0.3) is 0 Å². The Morgan fingerprint density at radius 1 is 1.29 bits per heavy atom. The van der Waals surface area contributed by atoms with Crippen LogP contribution in [0.1, 0.15) is 0 Å². The zero-order valence-electron chi connectivity index (χ0n) is 11.9. The predicted octanol–water partition coefficient (Wildman–Crippen LogP) is 0.573. The SMILES string of the molecule is C=CCOCC(COCC=C)OCn1ccc(N)nc1=O. The molecule has 0 unspecified atom stereocenters. The summed E-state index contributed by atoms with van der Waals surface area (Å²) < 4.78 is 17.6. The molecule has 0 aromatic carbocycles. The molecule has 0 saturated heterocycles. The highest BCUT2D eigenvalue weighted by Gasteiger charge is 2.10. The molecule has 1 rings (SSSR count). The minimum atomic E-state index is -0.465. The molecule has 0 bridgehead atoms. The summed E-state index contributed by atoms with van der Waals surface area (Å²) in [6.45, 7) is 8.70. The van der Waals surface area contributed by atoms with E-state index in [0.29, 0.717) is 26.4 Å². The maximum Gasteiger partial charge on any atom is 0.351 e. The molecule has 0 amide bonds. The molecule has 0 aliphatic rings. The standard InChI is InChI=1S/C14H21N3O4/c1-3-7-19-9-12(10-20-8-4-2)21-11-17-6-5-13(15)16-14(17)18/h3-6,12H,1-2,7-11H2,(H2,15,16,18). The van der Waals surface area contributed by atoms with E-state index >= 15 is 0 Å². The number of nitrogens with two attached hydrogens (primary N) is 1. The fraction of sp³-hybridized carbons (Fsp3) is 0.429. The van der Waals surface area contributed by atoms with Gasteiger partial charge in [-0.15, -0.1) is 13.2 Å². The van der Waals surface area contributed by atoms with Crippen LogP contribution in [0, 0.1) is 0 Å². The third-order valence-electron chi connectivity index (χ3n) is 2.42. The average Bonchev–Trinajstić information content (AvgIpc) is 2.46. The van der Waals surface area contributed by atoms with Crippen LogP contribution in [0.5, 0.6) is 0 Å². The molecule has 0 radical (unpaired) electrons. The summed E-state index contributed by atoms with van der Waals surface area (Å²) in [5.74, 6) is 0.177. The molecule has 7 nitrogen and oxygen atoms in total. The van der Waals surface area contributed by atoms with E-state index in [1.54, 1.807) is 12.2 Å². The molecule has 0 saturated carbocycles. The van der Waals surface area contributed by atoms with Crippen LogP contribution in [0.25, 0.3) is 0 Å². The van der Waals surface area contributed by atoms with E-state index in [0.717, 1.165) is 0 Å². The molecule has 1 heterocycles. The van der Waals surface area contributed by atoms with Gasteiger partial charge in [-0.05, 0) is 6.07 Å². The highest BCUT2D eigenvalue weighted by molar-refractivity contribution is 5.23. The maximum absolute atomic E-state index is 11.6. The first-order chi connectivity index (χ1) is 10.2. The number of aromatic nitrogens is 2. The van der Waals surface area contributed by atoms with Crippen LogP contribution >= 0.6 is 0 Å². The van der Waals surface area contributed by atoms with Gasteiger partial charge in [0.2, 0.25) is 0 Å². The number of anilines is 1. The molecule has 7 heteroatoms. The van der Waals surface area contributed by atoms with Crippen LogP contribution in [-0.4, -0.2) is 42.1 Å². The Morgan fingerprint density at radius 3 is 2.43 bits per heavy atom.